The molecule has 3 aromatic carbocycles. The van der Waals surface area contributed by atoms with Gasteiger partial charge in [-0.25, -0.2) is 13.8 Å². The number of imidazole rings is 1. The highest BCUT2D eigenvalue weighted by Gasteiger charge is 2.29. The molecule has 3 N–H and O–H groups in total. The summed E-state index contributed by atoms with van der Waals surface area (Å²) in [5, 5.41) is 24.9. The number of anilines is 1. The van der Waals surface area contributed by atoms with Crippen LogP contribution in [0.25, 0.3) is 22.5 Å². The number of benzene rings is 3. The highest BCUT2D eigenvalue weighted by atomic mass is 19.3. The SMILES string of the molecule is CC#Cc1cc(C)c(-c2cc(-c3nc(C)c(C(O)Nc4cccc(C(F)(F)CC)c4)n3O)ccc2OC)c(C)c1. The summed E-state index contributed by atoms with van der Waals surface area (Å²) in [5.74, 6) is 3.91. The Morgan fingerprint density at radius 3 is 2.40 bits per heavy atom. The van der Waals surface area contributed by atoms with Crippen LogP contribution in [-0.4, -0.2) is 27.1 Å². The molecule has 0 saturated heterocycles. The number of aromatic nitrogens is 2. The van der Waals surface area contributed by atoms with Crippen molar-refractivity contribution >= 4 is 5.69 Å². The lowest BCUT2D eigenvalue weighted by atomic mass is 9.92. The number of nitrogens with one attached hydrogen (secondary N) is 1. The van der Waals surface area contributed by atoms with E-state index in [2.05, 4.69) is 22.1 Å². The number of ether oxygens (including phenoxy) is 1. The Morgan fingerprint density at radius 1 is 1.07 bits per heavy atom. The lowest BCUT2D eigenvalue weighted by Crippen LogP contribution is -2.16. The first-order valence-corrected chi connectivity index (χ1v) is 12.9. The topological polar surface area (TPSA) is 79.5 Å². The molecule has 6 nitrogen and oxygen atoms in total. The summed E-state index contributed by atoms with van der Waals surface area (Å²) >= 11 is 0. The summed E-state index contributed by atoms with van der Waals surface area (Å²) in [6, 6.07) is 15.2. The molecule has 0 amide bonds. The number of hydrogen-bond donors (Lipinski definition) is 3. The summed E-state index contributed by atoms with van der Waals surface area (Å²) in [4.78, 5) is 4.52. The van der Waals surface area contributed by atoms with E-state index in [-0.39, 0.29) is 29.2 Å². The van der Waals surface area contributed by atoms with Gasteiger partial charge in [0.05, 0.1) is 12.8 Å². The van der Waals surface area contributed by atoms with Crippen molar-refractivity contribution in [2.45, 2.75) is 53.2 Å². The van der Waals surface area contributed by atoms with Crippen LogP contribution < -0.4 is 10.1 Å². The largest absolute Gasteiger partial charge is 0.496 e. The Kier molecular flexibility index (Phi) is 8.17. The van der Waals surface area contributed by atoms with Crippen LogP contribution in [-0.2, 0) is 5.92 Å². The molecule has 208 valence electrons. The molecule has 1 unspecified atom stereocenters. The molecular formula is C32H33F2N3O3. The number of rotatable bonds is 8. The van der Waals surface area contributed by atoms with E-state index >= 15 is 0 Å². The van der Waals surface area contributed by atoms with E-state index in [0.29, 0.717) is 17.0 Å². The Labute approximate surface area is 233 Å². The summed E-state index contributed by atoms with van der Waals surface area (Å²) in [6.45, 7) is 8.89. The van der Waals surface area contributed by atoms with Crippen LogP contribution in [0.1, 0.15) is 60.1 Å². The van der Waals surface area contributed by atoms with E-state index in [9.17, 15) is 19.1 Å². The average molecular weight is 546 g/mol. The highest BCUT2D eigenvalue weighted by Crippen LogP contribution is 2.39. The van der Waals surface area contributed by atoms with Gasteiger partial charge in [0.1, 0.15) is 11.4 Å². The maximum absolute atomic E-state index is 14.2. The first-order chi connectivity index (χ1) is 19.0. The zero-order valence-corrected chi connectivity index (χ0v) is 23.4. The molecule has 40 heavy (non-hydrogen) atoms. The maximum atomic E-state index is 14.2. The number of alkyl halides is 2. The molecule has 0 spiro atoms. The molecule has 0 aliphatic rings. The molecular weight excluding hydrogens is 512 g/mol. The van der Waals surface area contributed by atoms with Gasteiger partial charge in [0.2, 0.25) is 0 Å². The van der Waals surface area contributed by atoms with Crippen LogP contribution in [0.5, 0.6) is 5.75 Å². The van der Waals surface area contributed by atoms with Crippen molar-refractivity contribution in [1.29, 1.82) is 0 Å². The molecule has 8 heteroatoms. The number of hydrogen-bond acceptors (Lipinski definition) is 5. The van der Waals surface area contributed by atoms with Crippen molar-refractivity contribution in [3.63, 3.8) is 0 Å². The van der Waals surface area contributed by atoms with E-state index in [1.807, 2.05) is 32.0 Å². The quantitative estimate of drug-likeness (QED) is 0.122. The molecule has 4 aromatic rings. The van der Waals surface area contributed by atoms with E-state index in [1.54, 1.807) is 39.2 Å². The zero-order chi connectivity index (χ0) is 29.2. The molecule has 0 saturated carbocycles. The molecule has 0 radical (unpaired) electrons. The standard InChI is InChI=1S/C32H33F2N3O3/c1-7-10-22-15-19(3)28(20(4)16-22)26-17-23(13-14-27(26)40-6)30-35-21(5)29(37(30)39)31(38)36-25-12-9-11-24(18-25)32(33,34)8-2/h9,11-18,31,36,38-39H,8H2,1-6H3. The first-order valence-electron chi connectivity index (χ1n) is 12.9. The second-order valence-corrected chi connectivity index (χ2v) is 9.68. The monoisotopic (exact) mass is 545 g/mol. The van der Waals surface area contributed by atoms with Gasteiger partial charge in [-0.05, 0) is 86.8 Å². The third kappa shape index (κ3) is 5.51. The maximum Gasteiger partial charge on any atom is 0.273 e. The fourth-order valence-electron chi connectivity index (χ4n) is 4.95. The number of methoxy groups -OCH3 is 1. The Bertz CT molecular complexity index is 1590. The van der Waals surface area contributed by atoms with Gasteiger partial charge in [-0.3, -0.25) is 0 Å². The third-order valence-corrected chi connectivity index (χ3v) is 6.89. The van der Waals surface area contributed by atoms with Gasteiger partial charge >= 0.3 is 0 Å². The fourth-order valence-corrected chi connectivity index (χ4v) is 4.95. The lowest BCUT2D eigenvalue weighted by Gasteiger charge is -2.19. The summed E-state index contributed by atoms with van der Waals surface area (Å²) in [7, 11) is 1.60. The minimum Gasteiger partial charge on any atom is -0.496 e. The molecule has 1 aromatic heterocycles. The number of nitrogens with zero attached hydrogens (tertiary/aromatic N) is 2. The summed E-state index contributed by atoms with van der Waals surface area (Å²) in [6.07, 6.45) is -1.75. The molecule has 0 aliphatic carbocycles. The highest BCUT2D eigenvalue weighted by molar-refractivity contribution is 5.80. The van der Waals surface area contributed by atoms with Crippen molar-refractivity contribution in [3.05, 3.63) is 88.2 Å². The second-order valence-electron chi connectivity index (χ2n) is 9.68. The zero-order valence-electron chi connectivity index (χ0n) is 23.4. The molecule has 1 heterocycles. The van der Waals surface area contributed by atoms with Crippen LogP contribution in [0.15, 0.2) is 54.6 Å². The number of halogens is 2. The first kappa shape index (κ1) is 28.7. The van der Waals surface area contributed by atoms with Crippen molar-refractivity contribution in [2.75, 3.05) is 12.4 Å². The fraction of sp³-hybridized carbons (Fsp3) is 0.281. The predicted octanol–water partition coefficient (Wildman–Crippen LogP) is 7.36. The van der Waals surface area contributed by atoms with Crippen LogP contribution >= 0.6 is 0 Å². The van der Waals surface area contributed by atoms with Gasteiger partial charge in [-0.15, -0.1) is 5.92 Å². The number of aryl methyl sites for hydroxylation is 3. The smallest absolute Gasteiger partial charge is 0.273 e. The van der Waals surface area contributed by atoms with E-state index in [1.165, 1.54) is 25.1 Å². The third-order valence-electron chi connectivity index (χ3n) is 6.89. The Balaban J connectivity index is 1.73. The van der Waals surface area contributed by atoms with E-state index in [0.717, 1.165) is 32.5 Å². The van der Waals surface area contributed by atoms with E-state index < -0.39 is 12.2 Å². The van der Waals surface area contributed by atoms with E-state index in [4.69, 9.17) is 4.74 Å². The molecule has 0 bridgehead atoms. The minimum absolute atomic E-state index is 0.0925. The van der Waals surface area contributed by atoms with Gasteiger partial charge in [0.15, 0.2) is 12.1 Å². The Morgan fingerprint density at radius 2 is 1.77 bits per heavy atom. The van der Waals surface area contributed by atoms with Crippen molar-refractivity contribution in [3.8, 4) is 40.1 Å². The predicted molar refractivity (Wildman–Crippen MR) is 153 cm³/mol. The molecule has 0 aliphatic heterocycles. The summed E-state index contributed by atoms with van der Waals surface area (Å²) < 4.78 is 34.9. The van der Waals surface area contributed by atoms with Crippen LogP contribution in [0, 0.1) is 32.6 Å². The van der Waals surface area contributed by atoms with Crippen molar-refractivity contribution in [2.24, 2.45) is 0 Å². The number of aliphatic hydroxyl groups is 1. The van der Waals surface area contributed by atoms with Crippen molar-refractivity contribution in [1.82, 2.24) is 9.71 Å². The van der Waals surface area contributed by atoms with Gasteiger partial charge in [-0.2, -0.15) is 4.73 Å². The van der Waals surface area contributed by atoms with Gasteiger partial charge < -0.3 is 20.4 Å². The molecule has 1 atom stereocenters. The molecule has 4 rings (SSSR count). The van der Waals surface area contributed by atoms with Gasteiger partial charge in [0, 0.05) is 34.4 Å². The van der Waals surface area contributed by atoms with Gasteiger partial charge in [0.25, 0.3) is 5.92 Å². The lowest BCUT2D eigenvalue weighted by molar-refractivity contribution is -0.00826. The second kappa shape index (κ2) is 11.4. The van der Waals surface area contributed by atoms with Crippen LogP contribution in [0.4, 0.5) is 14.5 Å². The van der Waals surface area contributed by atoms with Gasteiger partial charge in [-0.1, -0.05) is 25.0 Å². The molecule has 0 fully saturated rings. The van der Waals surface area contributed by atoms with Crippen molar-refractivity contribution < 1.29 is 23.8 Å². The normalized spacial score (nSPS) is 12.0. The average Bonchev–Trinajstić information content (AvgIpc) is 3.22. The van der Waals surface area contributed by atoms with Crippen LogP contribution in [0.3, 0.4) is 0 Å². The summed E-state index contributed by atoms with van der Waals surface area (Å²) in [5.41, 5.74) is 5.96. The van der Waals surface area contributed by atoms with Crippen LogP contribution in [0.2, 0.25) is 0 Å². The number of aliphatic hydroxyl groups excluding tert-OH is 1. The Hall–Kier alpha value is -4.35. The minimum atomic E-state index is -2.99.